The van der Waals surface area contributed by atoms with Gasteiger partial charge in [0.2, 0.25) is 5.91 Å². The molecule has 0 aromatic heterocycles. The molecule has 0 saturated heterocycles. The molecule has 1 aromatic carbocycles. The molecule has 2 aliphatic rings. The molecule has 0 bridgehead atoms. The molecule has 1 aliphatic carbocycles. The first-order chi connectivity index (χ1) is 9.26. The van der Waals surface area contributed by atoms with E-state index in [4.69, 9.17) is 0 Å². The number of fused-ring (bicyclic) bond motifs is 1. The van der Waals surface area contributed by atoms with Gasteiger partial charge in [-0.1, -0.05) is 18.2 Å². The van der Waals surface area contributed by atoms with Gasteiger partial charge >= 0.3 is 0 Å². The zero-order chi connectivity index (χ0) is 13.2. The molecule has 1 saturated carbocycles. The Kier molecular flexibility index (Phi) is 3.69. The Morgan fingerprint density at radius 2 is 2.21 bits per heavy atom. The van der Waals surface area contributed by atoms with Gasteiger partial charge in [0.1, 0.15) is 6.04 Å². The lowest BCUT2D eigenvalue weighted by molar-refractivity contribution is -0.122. The van der Waals surface area contributed by atoms with E-state index in [-0.39, 0.29) is 11.9 Å². The van der Waals surface area contributed by atoms with Crippen molar-refractivity contribution < 1.29 is 4.79 Å². The summed E-state index contributed by atoms with van der Waals surface area (Å²) in [5.74, 6) is 0.156. The summed E-state index contributed by atoms with van der Waals surface area (Å²) < 4.78 is 0. The third-order valence-electron chi connectivity index (χ3n) is 4.15. The molecule has 1 amide bonds. The van der Waals surface area contributed by atoms with E-state index in [1.807, 2.05) is 30.0 Å². The summed E-state index contributed by atoms with van der Waals surface area (Å²) >= 11 is 1.92. The SMILES string of the molecule is CSC1CCC(NC(=O)[C@@H]2Cc3ccccc3N2)C1. The number of hydrogen-bond acceptors (Lipinski definition) is 3. The minimum Gasteiger partial charge on any atom is -0.373 e. The van der Waals surface area contributed by atoms with Crippen LogP contribution in [0.4, 0.5) is 5.69 Å². The van der Waals surface area contributed by atoms with E-state index < -0.39 is 0 Å². The maximum Gasteiger partial charge on any atom is 0.243 e. The zero-order valence-corrected chi connectivity index (χ0v) is 12.0. The highest BCUT2D eigenvalue weighted by Crippen LogP contribution is 2.29. The zero-order valence-electron chi connectivity index (χ0n) is 11.2. The number of anilines is 1. The third-order valence-corrected chi connectivity index (χ3v) is 5.25. The normalized spacial score (nSPS) is 28.8. The molecule has 1 aromatic rings. The van der Waals surface area contributed by atoms with E-state index in [9.17, 15) is 4.79 Å². The van der Waals surface area contributed by atoms with Crippen LogP contribution in [0.3, 0.4) is 0 Å². The highest BCUT2D eigenvalue weighted by atomic mass is 32.2. The Labute approximate surface area is 118 Å². The number of para-hydroxylation sites is 1. The van der Waals surface area contributed by atoms with E-state index in [0.717, 1.165) is 30.2 Å². The van der Waals surface area contributed by atoms with Crippen LogP contribution in [0.15, 0.2) is 24.3 Å². The largest absolute Gasteiger partial charge is 0.373 e. The summed E-state index contributed by atoms with van der Waals surface area (Å²) in [5.41, 5.74) is 2.35. The van der Waals surface area contributed by atoms with Gasteiger partial charge in [0.25, 0.3) is 0 Å². The maximum atomic E-state index is 12.3. The molecule has 2 unspecified atom stereocenters. The van der Waals surface area contributed by atoms with Crippen molar-refractivity contribution in [3.05, 3.63) is 29.8 Å². The summed E-state index contributed by atoms with van der Waals surface area (Å²) in [6.45, 7) is 0. The minimum absolute atomic E-state index is 0.0919. The number of hydrogen-bond donors (Lipinski definition) is 2. The number of carbonyl (C=O) groups is 1. The van der Waals surface area contributed by atoms with Crippen LogP contribution in [0.5, 0.6) is 0 Å². The summed E-state index contributed by atoms with van der Waals surface area (Å²) in [4.78, 5) is 12.3. The van der Waals surface area contributed by atoms with Gasteiger partial charge in [0.15, 0.2) is 0 Å². The van der Waals surface area contributed by atoms with E-state index in [0.29, 0.717) is 6.04 Å². The molecule has 1 aliphatic heterocycles. The van der Waals surface area contributed by atoms with E-state index >= 15 is 0 Å². The lowest BCUT2D eigenvalue weighted by Crippen LogP contribution is -2.43. The predicted octanol–water partition coefficient (Wildman–Crippen LogP) is 2.42. The Morgan fingerprint density at radius 3 is 2.95 bits per heavy atom. The fourth-order valence-electron chi connectivity index (χ4n) is 3.04. The van der Waals surface area contributed by atoms with Crippen molar-refractivity contribution in [1.29, 1.82) is 0 Å². The van der Waals surface area contributed by atoms with Gasteiger partial charge in [-0.15, -0.1) is 0 Å². The van der Waals surface area contributed by atoms with Crippen LogP contribution < -0.4 is 10.6 Å². The molecule has 0 radical (unpaired) electrons. The number of rotatable bonds is 3. The summed E-state index contributed by atoms with van der Waals surface area (Å²) in [5, 5.41) is 7.24. The second-order valence-electron chi connectivity index (χ2n) is 5.43. The van der Waals surface area contributed by atoms with Crippen molar-refractivity contribution in [1.82, 2.24) is 5.32 Å². The van der Waals surface area contributed by atoms with Crippen molar-refractivity contribution in [3.8, 4) is 0 Å². The molecule has 3 atom stereocenters. The van der Waals surface area contributed by atoms with Crippen molar-refractivity contribution in [2.24, 2.45) is 0 Å². The third kappa shape index (κ3) is 2.73. The lowest BCUT2D eigenvalue weighted by Gasteiger charge is -2.17. The van der Waals surface area contributed by atoms with Gasteiger partial charge in [-0.3, -0.25) is 4.79 Å². The van der Waals surface area contributed by atoms with E-state index in [1.54, 1.807) is 0 Å². The Bertz CT molecular complexity index is 452. The summed E-state index contributed by atoms with van der Waals surface area (Å²) in [7, 11) is 0. The van der Waals surface area contributed by atoms with Crippen molar-refractivity contribution in [2.45, 2.75) is 43.0 Å². The number of carbonyl (C=O) groups excluding carboxylic acids is 1. The molecule has 3 rings (SSSR count). The first-order valence-electron chi connectivity index (χ1n) is 6.94. The van der Waals surface area contributed by atoms with Gasteiger partial charge in [0, 0.05) is 23.4 Å². The first kappa shape index (κ1) is 12.9. The second kappa shape index (κ2) is 5.45. The van der Waals surface area contributed by atoms with Gasteiger partial charge < -0.3 is 10.6 Å². The number of thioether (sulfide) groups is 1. The average Bonchev–Trinajstić information content (AvgIpc) is 3.04. The Morgan fingerprint density at radius 1 is 1.37 bits per heavy atom. The Hall–Kier alpha value is -1.16. The first-order valence-corrected chi connectivity index (χ1v) is 8.22. The highest BCUT2D eigenvalue weighted by Gasteiger charge is 2.30. The van der Waals surface area contributed by atoms with Crippen LogP contribution in [0.25, 0.3) is 0 Å². The van der Waals surface area contributed by atoms with Crippen molar-refractivity contribution in [3.63, 3.8) is 0 Å². The monoisotopic (exact) mass is 276 g/mol. The number of nitrogens with one attached hydrogen (secondary N) is 2. The van der Waals surface area contributed by atoms with Gasteiger partial charge in [-0.05, 0) is 37.1 Å². The van der Waals surface area contributed by atoms with Crippen LogP contribution >= 0.6 is 11.8 Å². The second-order valence-corrected chi connectivity index (χ2v) is 6.57. The van der Waals surface area contributed by atoms with Crippen LogP contribution in [0.1, 0.15) is 24.8 Å². The standard InChI is InChI=1S/C15H20N2OS/c1-19-12-7-6-11(9-12)16-15(18)14-8-10-4-2-3-5-13(10)17-14/h2-5,11-12,14,17H,6-9H2,1H3,(H,16,18)/t11?,12?,14-/m0/s1. The topological polar surface area (TPSA) is 41.1 Å². The van der Waals surface area contributed by atoms with E-state index in [1.165, 1.54) is 12.0 Å². The molecule has 0 spiro atoms. The molecular weight excluding hydrogens is 256 g/mol. The van der Waals surface area contributed by atoms with E-state index in [2.05, 4.69) is 23.0 Å². The quantitative estimate of drug-likeness (QED) is 0.891. The summed E-state index contributed by atoms with van der Waals surface area (Å²) in [6.07, 6.45) is 6.43. The molecule has 3 nitrogen and oxygen atoms in total. The molecule has 1 heterocycles. The fraction of sp³-hybridized carbons (Fsp3) is 0.533. The molecule has 1 fully saturated rings. The molecular formula is C15H20N2OS. The van der Waals surface area contributed by atoms with Crippen molar-refractivity contribution in [2.75, 3.05) is 11.6 Å². The van der Waals surface area contributed by atoms with Crippen LogP contribution in [-0.4, -0.2) is 29.5 Å². The lowest BCUT2D eigenvalue weighted by atomic mass is 10.1. The molecule has 2 N–H and O–H groups in total. The highest BCUT2D eigenvalue weighted by molar-refractivity contribution is 7.99. The van der Waals surface area contributed by atoms with Gasteiger partial charge in [-0.2, -0.15) is 11.8 Å². The number of benzene rings is 1. The van der Waals surface area contributed by atoms with Crippen LogP contribution in [0.2, 0.25) is 0 Å². The maximum absolute atomic E-state index is 12.3. The Balaban J connectivity index is 1.56. The van der Waals surface area contributed by atoms with Crippen LogP contribution in [-0.2, 0) is 11.2 Å². The molecule has 19 heavy (non-hydrogen) atoms. The summed E-state index contributed by atoms with van der Waals surface area (Å²) in [6, 6.07) is 8.45. The number of amides is 1. The smallest absolute Gasteiger partial charge is 0.243 e. The van der Waals surface area contributed by atoms with Gasteiger partial charge in [-0.25, -0.2) is 0 Å². The average molecular weight is 276 g/mol. The van der Waals surface area contributed by atoms with Crippen molar-refractivity contribution >= 4 is 23.4 Å². The molecule has 4 heteroatoms. The fourth-order valence-corrected chi connectivity index (χ4v) is 3.84. The molecule has 102 valence electrons. The van der Waals surface area contributed by atoms with Crippen LogP contribution in [0, 0.1) is 0 Å². The van der Waals surface area contributed by atoms with Gasteiger partial charge in [0.05, 0.1) is 0 Å². The predicted molar refractivity (Wildman–Crippen MR) is 80.6 cm³/mol. The minimum atomic E-state index is -0.0919.